The van der Waals surface area contributed by atoms with E-state index in [0.29, 0.717) is 0 Å². The average molecular weight is 250 g/mol. The lowest BCUT2D eigenvalue weighted by Gasteiger charge is -2.08. The number of hydrogen-bond acceptors (Lipinski definition) is 3. The topological polar surface area (TPSA) is 62.2 Å². The lowest BCUT2D eigenvalue weighted by atomic mass is 10.3. The van der Waals surface area contributed by atoms with Crippen LogP contribution in [-0.4, -0.2) is 16.1 Å². The van der Waals surface area contributed by atoms with E-state index in [1.54, 1.807) is 0 Å². The van der Waals surface area contributed by atoms with Gasteiger partial charge in [0.05, 0.1) is 0 Å². The molecular weight excluding hydrogens is 242 g/mol. The van der Waals surface area contributed by atoms with Crippen molar-refractivity contribution in [1.82, 2.24) is 4.98 Å². The summed E-state index contributed by atoms with van der Waals surface area (Å²) >= 11 is 0. The quantitative estimate of drug-likeness (QED) is 0.879. The second-order valence-corrected chi connectivity index (χ2v) is 3.43. The summed E-state index contributed by atoms with van der Waals surface area (Å²) in [5, 5.41) is 11.2. The van der Waals surface area contributed by atoms with Crippen LogP contribution in [0.5, 0.6) is 0 Å². The highest BCUT2D eigenvalue weighted by Crippen LogP contribution is 2.21. The average Bonchev–Trinajstić information content (AvgIpc) is 2.34. The Labute approximate surface area is 101 Å². The van der Waals surface area contributed by atoms with Crippen molar-refractivity contribution in [2.45, 2.75) is 0 Å². The van der Waals surface area contributed by atoms with E-state index in [2.05, 4.69) is 10.3 Å². The van der Waals surface area contributed by atoms with Crippen LogP contribution in [0.15, 0.2) is 36.4 Å². The number of carboxylic acid groups (broad SMARTS) is 1. The molecule has 18 heavy (non-hydrogen) atoms. The minimum absolute atomic E-state index is 0.0545. The van der Waals surface area contributed by atoms with Crippen molar-refractivity contribution in [2.24, 2.45) is 0 Å². The Morgan fingerprint density at radius 2 is 1.72 bits per heavy atom. The zero-order valence-corrected chi connectivity index (χ0v) is 9.02. The third kappa shape index (κ3) is 2.42. The Kier molecular flexibility index (Phi) is 3.18. The second kappa shape index (κ2) is 4.79. The molecule has 0 saturated carbocycles. The number of para-hydroxylation sites is 1. The van der Waals surface area contributed by atoms with Crippen molar-refractivity contribution in [3.05, 3.63) is 53.7 Å². The molecule has 0 saturated heterocycles. The first-order valence-corrected chi connectivity index (χ1v) is 4.99. The number of anilines is 2. The SMILES string of the molecule is O=C(O)c1cccc(Nc2c(F)cccc2F)n1. The summed E-state index contributed by atoms with van der Waals surface area (Å²) in [6.07, 6.45) is 0. The fourth-order valence-electron chi connectivity index (χ4n) is 1.37. The number of aromatic nitrogens is 1. The highest BCUT2D eigenvalue weighted by molar-refractivity contribution is 5.85. The van der Waals surface area contributed by atoms with E-state index in [-0.39, 0.29) is 17.2 Å². The van der Waals surface area contributed by atoms with Crippen LogP contribution < -0.4 is 5.32 Å². The Balaban J connectivity index is 2.34. The van der Waals surface area contributed by atoms with E-state index in [0.717, 1.165) is 12.1 Å². The molecule has 0 radical (unpaired) electrons. The van der Waals surface area contributed by atoms with E-state index in [1.807, 2.05) is 0 Å². The Hall–Kier alpha value is -2.50. The molecule has 2 rings (SSSR count). The van der Waals surface area contributed by atoms with Gasteiger partial charge in [0.15, 0.2) is 5.69 Å². The van der Waals surface area contributed by atoms with Gasteiger partial charge in [-0.25, -0.2) is 18.6 Å². The molecule has 0 aliphatic carbocycles. The molecule has 4 nitrogen and oxygen atoms in total. The first kappa shape index (κ1) is 12.0. The summed E-state index contributed by atoms with van der Waals surface area (Å²) in [7, 11) is 0. The molecule has 0 atom stereocenters. The molecule has 0 aliphatic rings. The first-order valence-electron chi connectivity index (χ1n) is 4.99. The van der Waals surface area contributed by atoms with Crippen LogP contribution in [0.4, 0.5) is 20.3 Å². The Morgan fingerprint density at radius 1 is 1.11 bits per heavy atom. The number of aromatic carboxylic acids is 1. The fraction of sp³-hybridized carbons (Fsp3) is 0. The van der Waals surface area contributed by atoms with Crippen LogP contribution in [-0.2, 0) is 0 Å². The van der Waals surface area contributed by atoms with Gasteiger partial charge in [-0.2, -0.15) is 0 Å². The number of carbonyl (C=O) groups is 1. The monoisotopic (exact) mass is 250 g/mol. The molecule has 0 aliphatic heterocycles. The van der Waals surface area contributed by atoms with Gasteiger partial charge in [0.25, 0.3) is 0 Å². The number of halogens is 2. The second-order valence-electron chi connectivity index (χ2n) is 3.43. The third-order valence-corrected chi connectivity index (χ3v) is 2.18. The third-order valence-electron chi connectivity index (χ3n) is 2.18. The number of nitrogens with zero attached hydrogens (tertiary/aromatic N) is 1. The van der Waals surface area contributed by atoms with Crippen molar-refractivity contribution < 1.29 is 18.7 Å². The molecule has 6 heteroatoms. The highest BCUT2D eigenvalue weighted by atomic mass is 19.1. The number of benzene rings is 1. The smallest absolute Gasteiger partial charge is 0.354 e. The maximum atomic E-state index is 13.3. The molecular formula is C12H8F2N2O2. The van der Waals surface area contributed by atoms with Gasteiger partial charge in [0, 0.05) is 0 Å². The van der Waals surface area contributed by atoms with E-state index in [4.69, 9.17) is 5.11 Å². The van der Waals surface area contributed by atoms with Gasteiger partial charge in [0.2, 0.25) is 0 Å². The molecule has 1 aromatic carbocycles. The molecule has 2 N–H and O–H groups in total. The summed E-state index contributed by atoms with van der Waals surface area (Å²) in [4.78, 5) is 14.4. The number of pyridine rings is 1. The fourth-order valence-corrected chi connectivity index (χ4v) is 1.37. The van der Waals surface area contributed by atoms with Crippen LogP contribution in [0.3, 0.4) is 0 Å². The molecule has 92 valence electrons. The molecule has 0 spiro atoms. The van der Waals surface area contributed by atoms with Gasteiger partial charge in [-0.3, -0.25) is 0 Å². The summed E-state index contributed by atoms with van der Waals surface area (Å²) in [5.41, 5.74) is -0.579. The molecule has 0 unspecified atom stereocenters. The standard InChI is InChI=1S/C12H8F2N2O2/c13-7-3-1-4-8(14)11(7)16-10-6-2-5-9(15-10)12(17)18/h1-6H,(H,15,16)(H,17,18). The molecule has 1 aromatic heterocycles. The van der Waals surface area contributed by atoms with Crippen LogP contribution in [0.25, 0.3) is 0 Å². The van der Waals surface area contributed by atoms with Crippen LogP contribution in [0.2, 0.25) is 0 Å². The molecule has 2 aromatic rings. The molecule has 0 fully saturated rings. The minimum atomic E-state index is -1.22. The predicted molar refractivity (Wildman–Crippen MR) is 60.8 cm³/mol. The van der Waals surface area contributed by atoms with Gasteiger partial charge in [0.1, 0.15) is 23.1 Å². The van der Waals surface area contributed by atoms with Gasteiger partial charge in [-0.05, 0) is 24.3 Å². The van der Waals surface area contributed by atoms with Gasteiger partial charge in [-0.1, -0.05) is 12.1 Å². The molecule has 0 bridgehead atoms. The Bertz CT molecular complexity index is 582. The molecule has 0 amide bonds. The summed E-state index contributed by atoms with van der Waals surface area (Å²) < 4.78 is 26.7. The van der Waals surface area contributed by atoms with E-state index in [9.17, 15) is 13.6 Å². The molecule has 1 heterocycles. The van der Waals surface area contributed by atoms with Crippen LogP contribution in [0.1, 0.15) is 10.5 Å². The van der Waals surface area contributed by atoms with Gasteiger partial charge < -0.3 is 10.4 Å². The van der Waals surface area contributed by atoms with E-state index >= 15 is 0 Å². The van der Waals surface area contributed by atoms with Crippen LogP contribution >= 0.6 is 0 Å². The lowest BCUT2D eigenvalue weighted by Crippen LogP contribution is -2.04. The predicted octanol–water partition coefficient (Wildman–Crippen LogP) is 2.80. The van der Waals surface area contributed by atoms with Crippen molar-refractivity contribution in [3.63, 3.8) is 0 Å². The number of rotatable bonds is 3. The summed E-state index contributed by atoms with van der Waals surface area (Å²) in [6.45, 7) is 0. The maximum absolute atomic E-state index is 13.3. The minimum Gasteiger partial charge on any atom is -0.477 e. The summed E-state index contributed by atoms with van der Waals surface area (Å²) in [6, 6.07) is 7.54. The van der Waals surface area contributed by atoms with E-state index in [1.165, 1.54) is 24.3 Å². The number of hydrogen-bond donors (Lipinski definition) is 2. The summed E-state index contributed by atoms with van der Waals surface area (Å²) in [5.74, 6) is -2.72. The normalized spacial score (nSPS) is 10.1. The van der Waals surface area contributed by atoms with E-state index < -0.39 is 17.6 Å². The van der Waals surface area contributed by atoms with Crippen molar-refractivity contribution in [3.8, 4) is 0 Å². The van der Waals surface area contributed by atoms with Crippen molar-refractivity contribution in [1.29, 1.82) is 0 Å². The van der Waals surface area contributed by atoms with Gasteiger partial charge in [-0.15, -0.1) is 0 Å². The Morgan fingerprint density at radius 3 is 2.33 bits per heavy atom. The zero-order chi connectivity index (χ0) is 13.1. The number of carboxylic acids is 1. The largest absolute Gasteiger partial charge is 0.477 e. The van der Waals surface area contributed by atoms with Crippen molar-refractivity contribution >= 4 is 17.5 Å². The number of nitrogens with one attached hydrogen (secondary N) is 1. The van der Waals surface area contributed by atoms with Crippen molar-refractivity contribution in [2.75, 3.05) is 5.32 Å². The maximum Gasteiger partial charge on any atom is 0.354 e. The van der Waals surface area contributed by atoms with Crippen LogP contribution in [0, 0.1) is 11.6 Å². The zero-order valence-electron chi connectivity index (χ0n) is 9.02. The first-order chi connectivity index (χ1) is 8.58. The lowest BCUT2D eigenvalue weighted by molar-refractivity contribution is 0.0690. The highest BCUT2D eigenvalue weighted by Gasteiger charge is 2.10. The van der Waals surface area contributed by atoms with Gasteiger partial charge >= 0.3 is 5.97 Å².